The summed E-state index contributed by atoms with van der Waals surface area (Å²) in [6, 6.07) is 9.50. The Balaban J connectivity index is 2.03. The van der Waals surface area contributed by atoms with Gasteiger partial charge in [0.25, 0.3) is 0 Å². The van der Waals surface area contributed by atoms with Gasteiger partial charge >= 0.3 is 11.8 Å². The fraction of sp³-hybridized carbons (Fsp3) is 0.222. The van der Waals surface area contributed by atoms with Crippen molar-refractivity contribution in [1.82, 2.24) is 5.32 Å². The van der Waals surface area contributed by atoms with Gasteiger partial charge in [-0.05, 0) is 31.2 Å². The van der Waals surface area contributed by atoms with Crippen LogP contribution in [0.25, 0.3) is 0 Å². The predicted molar refractivity (Wildman–Crippen MR) is 93.8 cm³/mol. The lowest BCUT2D eigenvalue weighted by atomic mass is 9.95. The molecule has 8 heteroatoms. The maximum absolute atomic E-state index is 14.0. The second-order valence-corrected chi connectivity index (χ2v) is 6.09. The van der Waals surface area contributed by atoms with E-state index in [1.807, 2.05) is 0 Å². The number of carbonyl (C=O) groups is 2. The molecule has 2 amide bonds. The van der Waals surface area contributed by atoms with Crippen molar-refractivity contribution in [3.63, 3.8) is 0 Å². The molecule has 2 aromatic rings. The van der Waals surface area contributed by atoms with E-state index in [1.54, 1.807) is 13.0 Å². The molecule has 0 aliphatic heterocycles. The molecule has 2 aromatic carbocycles. The number of ether oxygens (including phenoxy) is 1. The van der Waals surface area contributed by atoms with E-state index in [0.717, 1.165) is 6.07 Å². The molecule has 0 aromatic heterocycles. The number of halogens is 3. The Morgan fingerprint density at radius 3 is 2.42 bits per heavy atom. The van der Waals surface area contributed by atoms with Crippen molar-refractivity contribution in [2.45, 2.75) is 12.5 Å². The maximum atomic E-state index is 14.0. The quantitative estimate of drug-likeness (QED) is 0.780. The third kappa shape index (κ3) is 4.56. The molecule has 2 rings (SSSR count). The summed E-state index contributed by atoms with van der Waals surface area (Å²) in [7, 11) is 1.37. The van der Waals surface area contributed by atoms with Gasteiger partial charge in [-0.2, -0.15) is 0 Å². The average Bonchev–Trinajstić information content (AvgIpc) is 2.62. The predicted octanol–water partition coefficient (Wildman–Crippen LogP) is 3.23. The van der Waals surface area contributed by atoms with Gasteiger partial charge in [-0.15, -0.1) is 0 Å². The first kappa shape index (κ1) is 19.8. The summed E-state index contributed by atoms with van der Waals surface area (Å²) in [6.07, 6.45) is 0. The molecule has 0 aliphatic carbocycles. The highest BCUT2D eigenvalue weighted by Gasteiger charge is 2.30. The summed E-state index contributed by atoms with van der Waals surface area (Å²) in [6.45, 7) is 1.45. The number of benzene rings is 2. The minimum Gasteiger partial charge on any atom is -0.372 e. The van der Waals surface area contributed by atoms with Crippen LogP contribution in [0.3, 0.4) is 0 Å². The molecule has 0 saturated carbocycles. The van der Waals surface area contributed by atoms with E-state index in [9.17, 15) is 18.4 Å². The molecule has 26 heavy (non-hydrogen) atoms. The Labute approximate surface area is 154 Å². The van der Waals surface area contributed by atoms with E-state index in [1.165, 1.54) is 37.4 Å². The van der Waals surface area contributed by atoms with Crippen LogP contribution in [0, 0.1) is 11.6 Å². The monoisotopic (exact) mass is 382 g/mol. The van der Waals surface area contributed by atoms with Gasteiger partial charge in [0, 0.05) is 18.4 Å². The highest BCUT2D eigenvalue weighted by Crippen LogP contribution is 2.26. The maximum Gasteiger partial charge on any atom is 0.313 e. The molecule has 0 heterocycles. The third-order valence-corrected chi connectivity index (χ3v) is 4.15. The Hall–Kier alpha value is -2.51. The molecule has 0 spiro atoms. The lowest BCUT2D eigenvalue weighted by molar-refractivity contribution is -0.137. The Kier molecular flexibility index (Phi) is 6.28. The fourth-order valence-electron chi connectivity index (χ4n) is 2.26. The SMILES string of the molecule is COC(C)(CNC(=O)C(=O)Nc1ccc(F)c(Cl)c1)c1ccccc1F. The molecule has 0 radical (unpaired) electrons. The molecule has 2 N–H and O–H groups in total. The second kappa shape index (κ2) is 8.25. The highest BCUT2D eigenvalue weighted by atomic mass is 35.5. The van der Waals surface area contributed by atoms with E-state index >= 15 is 0 Å². The van der Waals surface area contributed by atoms with Crippen LogP contribution in [-0.2, 0) is 19.9 Å². The van der Waals surface area contributed by atoms with Crippen LogP contribution in [0.5, 0.6) is 0 Å². The van der Waals surface area contributed by atoms with Crippen LogP contribution < -0.4 is 10.6 Å². The molecule has 1 unspecified atom stereocenters. The number of carbonyl (C=O) groups excluding carboxylic acids is 2. The van der Waals surface area contributed by atoms with Gasteiger partial charge in [0.15, 0.2) is 0 Å². The number of hydrogen-bond donors (Lipinski definition) is 2. The Bertz CT molecular complexity index is 832. The molecule has 1 atom stereocenters. The standard InChI is InChI=1S/C18H17ClF2N2O3/c1-18(26-2,12-5-3-4-6-14(12)20)10-22-16(24)17(25)23-11-7-8-15(21)13(19)9-11/h3-9H,10H2,1-2H3,(H,22,24)(H,23,25). The van der Waals surface area contributed by atoms with Gasteiger partial charge in [-0.3, -0.25) is 9.59 Å². The van der Waals surface area contributed by atoms with Gasteiger partial charge in [-0.1, -0.05) is 29.8 Å². The summed E-state index contributed by atoms with van der Waals surface area (Å²) in [5.41, 5.74) is -0.755. The molecular weight excluding hydrogens is 366 g/mol. The van der Waals surface area contributed by atoms with Crippen LogP contribution in [0.1, 0.15) is 12.5 Å². The fourth-order valence-corrected chi connectivity index (χ4v) is 2.44. The molecule has 0 bridgehead atoms. The first-order valence-electron chi connectivity index (χ1n) is 7.61. The normalized spacial score (nSPS) is 13.0. The number of amides is 2. The Morgan fingerprint density at radius 1 is 1.12 bits per heavy atom. The molecule has 0 fully saturated rings. The van der Waals surface area contributed by atoms with Crippen LogP contribution in [0.2, 0.25) is 5.02 Å². The summed E-state index contributed by atoms with van der Waals surface area (Å²) in [5, 5.41) is 4.51. The van der Waals surface area contributed by atoms with Crippen molar-refractivity contribution in [2.24, 2.45) is 0 Å². The zero-order valence-corrected chi connectivity index (χ0v) is 14.9. The molecule has 5 nitrogen and oxygen atoms in total. The van der Waals surface area contributed by atoms with Crippen molar-refractivity contribution < 1.29 is 23.1 Å². The first-order chi connectivity index (χ1) is 12.3. The van der Waals surface area contributed by atoms with Crippen LogP contribution in [0.15, 0.2) is 42.5 Å². The summed E-state index contributed by atoms with van der Waals surface area (Å²) < 4.78 is 32.4. The minimum absolute atomic E-state index is 0.138. The van der Waals surface area contributed by atoms with Crippen molar-refractivity contribution >= 4 is 29.1 Å². The summed E-state index contributed by atoms with van der Waals surface area (Å²) in [4.78, 5) is 23.9. The lowest BCUT2D eigenvalue weighted by Crippen LogP contribution is -2.44. The van der Waals surface area contributed by atoms with E-state index in [0.29, 0.717) is 0 Å². The van der Waals surface area contributed by atoms with Gasteiger partial charge in [-0.25, -0.2) is 8.78 Å². The van der Waals surface area contributed by atoms with Gasteiger partial charge in [0.05, 0.1) is 11.6 Å². The Morgan fingerprint density at radius 2 is 1.81 bits per heavy atom. The molecule has 138 valence electrons. The molecular formula is C18H17ClF2N2O3. The van der Waals surface area contributed by atoms with E-state index in [-0.39, 0.29) is 22.8 Å². The van der Waals surface area contributed by atoms with Crippen LogP contribution >= 0.6 is 11.6 Å². The largest absolute Gasteiger partial charge is 0.372 e. The van der Waals surface area contributed by atoms with Crippen molar-refractivity contribution in [3.05, 3.63) is 64.7 Å². The zero-order valence-electron chi connectivity index (χ0n) is 14.1. The number of nitrogens with one attached hydrogen (secondary N) is 2. The first-order valence-corrected chi connectivity index (χ1v) is 7.99. The van der Waals surface area contributed by atoms with Crippen LogP contribution in [-0.4, -0.2) is 25.5 Å². The van der Waals surface area contributed by atoms with Gasteiger partial charge < -0.3 is 15.4 Å². The summed E-state index contributed by atoms with van der Waals surface area (Å²) in [5.74, 6) is -3.06. The van der Waals surface area contributed by atoms with Crippen molar-refractivity contribution in [3.8, 4) is 0 Å². The number of rotatable bonds is 5. The van der Waals surface area contributed by atoms with E-state index < -0.39 is 29.0 Å². The molecule has 0 saturated heterocycles. The average molecular weight is 383 g/mol. The third-order valence-electron chi connectivity index (χ3n) is 3.86. The van der Waals surface area contributed by atoms with E-state index in [2.05, 4.69) is 10.6 Å². The van der Waals surface area contributed by atoms with Gasteiger partial charge in [0.2, 0.25) is 0 Å². The summed E-state index contributed by atoms with van der Waals surface area (Å²) >= 11 is 5.62. The van der Waals surface area contributed by atoms with Crippen molar-refractivity contribution in [2.75, 3.05) is 19.0 Å². The second-order valence-electron chi connectivity index (χ2n) is 5.68. The van der Waals surface area contributed by atoms with E-state index in [4.69, 9.17) is 16.3 Å². The smallest absolute Gasteiger partial charge is 0.313 e. The number of anilines is 1. The topological polar surface area (TPSA) is 67.4 Å². The zero-order chi connectivity index (χ0) is 19.3. The lowest BCUT2D eigenvalue weighted by Gasteiger charge is -2.29. The van der Waals surface area contributed by atoms with Crippen LogP contribution in [0.4, 0.5) is 14.5 Å². The minimum atomic E-state index is -1.17. The van der Waals surface area contributed by atoms with Crippen molar-refractivity contribution in [1.29, 1.82) is 0 Å². The van der Waals surface area contributed by atoms with Gasteiger partial charge in [0.1, 0.15) is 17.2 Å². The highest BCUT2D eigenvalue weighted by molar-refractivity contribution is 6.39. The number of methoxy groups -OCH3 is 1. The molecule has 0 aliphatic rings. The number of hydrogen-bond acceptors (Lipinski definition) is 3.